The van der Waals surface area contributed by atoms with Crippen LogP contribution in [0.1, 0.15) is 51.3 Å². The average Bonchev–Trinajstić information content (AvgIpc) is 3.52. The first-order valence-electron chi connectivity index (χ1n) is 17.7. The molecular weight excluding hydrogens is 619 g/mol. The number of fused-ring (bicyclic) bond motifs is 5. The number of amidine groups is 1. The first-order valence-corrected chi connectivity index (χ1v) is 17.7. The van der Waals surface area contributed by atoms with Crippen LogP contribution in [0.15, 0.2) is 193 Å². The minimum absolute atomic E-state index is 0.168. The zero-order valence-corrected chi connectivity index (χ0v) is 28.0. The van der Waals surface area contributed by atoms with E-state index in [9.17, 15) is 0 Å². The van der Waals surface area contributed by atoms with E-state index < -0.39 is 5.41 Å². The molecule has 10 rings (SSSR count). The fourth-order valence-corrected chi connectivity index (χ4v) is 8.49. The zero-order valence-electron chi connectivity index (χ0n) is 28.0. The molecule has 8 aromatic rings. The second-order valence-electron chi connectivity index (χ2n) is 13.6. The van der Waals surface area contributed by atoms with Crippen molar-refractivity contribution in [3.63, 3.8) is 0 Å². The molecule has 1 heterocycles. The molecule has 242 valence electrons. The summed E-state index contributed by atoms with van der Waals surface area (Å²) in [6.07, 6.45) is -0.429. The van der Waals surface area contributed by atoms with Gasteiger partial charge in [-0.25, -0.2) is 4.99 Å². The van der Waals surface area contributed by atoms with Crippen molar-refractivity contribution in [2.75, 3.05) is 0 Å². The number of hydrogen-bond donors (Lipinski definition) is 2. The van der Waals surface area contributed by atoms with Crippen LogP contribution in [0.3, 0.4) is 0 Å². The molecule has 0 fully saturated rings. The van der Waals surface area contributed by atoms with Crippen LogP contribution >= 0.6 is 0 Å². The van der Waals surface area contributed by atoms with Crippen LogP contribution in [-0.4, -0.2) is 5.84 Å². The summed E-state index contributed by atoms with van der Waals surface area (Å²) in [6.45, 7) is 0. The van der Waals surface area contributed by atoms with Gasteiger partial charge in [-0.05, 0) is 78.2 Å². The molecule has 0 spiro atoms. The third-order valence-electron chi connectivity index (χ3n) is 10.8. The molecule has 8 aromatic carbocycles. The summed E-state index contributed by atoms with van der Waals surface area (Å²) in [5.74, 6) is 0.883. The fourth-order valence-electron chi connectivity index (χ4n) is 8.49. The number of hydrogen-bond acceptors (Lipinski definition) is 3. The Kier molecular flexibility index (Phi) is 6.93. The third-order valence-corrected chi connectivity index (χ3v) is 10.8. The molecule has 2 atom stereocenters. The molecule has 0 saturated heterocycles. The molecule has 0 saturated carbocycles. The van der Waals surface area contributed by atoms with Crippen molar-refractivity contribution >= 4 is 27.4 Å². The summed E-state index contributed by atoms with van der Waals surface area (Å²) in [5, 5.41) is 12.6. The standard InChI is InChI=1S/C48H35N3/c1-3-18-38(19-4-1)48(39-20-5-2-6-21-39)42-24-12-11-22-40(42)44-41(23-13-25-43(44)48)47-50-45(36-28-26-32-14-7-9-16-34(32)30-36)49-46(51-47)37-29-27-33-15-8-10-17-35(33)31-37/h1-31,45-46,49H,(H,50,51). The van der Waals surface area contributed by atoms with Gasteiger partial charge >= 0.3 is 0 Å². The maximum absolute atomic E-state index is 5.51. The molecule has 51 heavy (non-hydrogen) atoms. The molecule has 0 bridgehead atoms. The van der Waals surface area contributed by atoms with E-state index in [1.54, 1.807) is 0 Å². The predicted octanol–water partition coefficient (Wildman–Crippen LogP) is 10.7. The predicted molar refractivity (Wildman–Crippen MR) is 210 cm³/mol. The second kappa shape index (κ2) is 11.9. The Hall–Kier alpha value is -6.29. The average molecular weight is 654 g/mol. The van der Waals surface area contributed by atoms with Crippen molar-refractivity contribution in [1.29, 1.82) is 0 Å². The monoisotopic (exact) mass is 653 g/mol. The van der Waals surface area contributed by atoms with Crippen LogP contribution in [0.4, 0.5) is 0 Å². The summed E-state index contributed by atoms with van der Waals surface area (Å²) in [5.41, 5.74) is 10.5. The first kappa shape index (κ1) is 29.6. The highest BCUT2D eigenvalue weighted by atomic mass is 15.3. The van der Waals surface area contributed by atoms with Crippen molar-refractivity contribution in [3.05, 3.63) is 227 Å². The molecule has 1 aliphatic carbocycles. The Bertz CT molecular complexity index is 2570. The Morgan fingerprint density at radius 1 is 0.431 bits per heavy atom. The summed E-state index contributed by atoms with van der Waals surface area (Å²) < 4.78 is 0. The van der Waals surface area contributed by atoms with Crippen LogP contribution in [-0.2, 0) is 5.41 Å². The van der Waals surface area contributed by atoms with E-state index in [1.165, 1.54) is 60.5 Å². The van der Waals surface area contributed by atoms with Crippen LogP contribution in [0.25, 0.3) is 32.7 Å². The van der Waals surface area contributed by atoms with Gasteiger partial charge in [-0.15, -0.1) is 0 Å². The summed E-state index contributed by atoms with van der Waals surface area (Å²) in [6, 6.07) is 68.2. The van der Waals surface area contributed by atoms with Crippen molar-refractivity contribution in [2.24, 2.45) is 4.99 Å². The van der Waals surface area contributed by atoms with Gasteiger partial charge in [-0.1, -0.05) is 176 Å². The first-order chi connectivity index (χ1) is 25.3. The van der Waals surface area contributed by atoms with Crippen molar-refractivity contribution < 1.29 is 0 Å². The van der Waals surface area contributed by atoms with Crippen molar-refractivity contribution in [1.82, 2.24) is 10.6 Å². The molecule has 0 amide bonds. The normalized spacial score (nSPS) is 17.4. The van der Waals surface area contributed by atoms with Gasteiger partial charge in [0.15, 0.2) is 0 Å². The van der Waals surface area contributed by atoms with E-state index >= 15 is 0 Å². The van der Waals surface area contributed by atoms with Gasteiger partial charge in [0.25, 0.3) is 0 Å². The van der Waals surface area contributed by atoms with E-state index in [0.717, 1.165) is 17.0 Å². The van der Waals surface area contributed by atoms with E-state index in [4.69, 9.17) is 4.99 Å². The Labute approximate surface area is 298 Å². The molecular formula is C48H35N3. The lowest BCUT2D eigenvalue weighted by atomic mass is 9.67. The minimum atomic E-state index is -0.479. The Balaban J connectivity index is 1.20. The highest BCUT2D eigenvalue weighted by molar-refractivity contribution is 6.08. The molecule has 1 aliphatic heterocycles. The molecule has 0 aromatic heterocycles. The maximum atomic E-state index is 5.51. The van der Waals surface area contributed by atoms with Crippen LogP contribution in [0.5, 0.6) is 0 Å². The number of nitrogens with zero attached hydrogens (tertiary/aromatic N) is 1. The largest absolute Gasteiger partial charge is 0.350 e. The van der Waals surface area contributed by atoms with Gasteiger partial charge in [0.05, 0.1) is 5.41 Å². The lowest BCUT2D eigenvalue weighted by Crippen LogP contribution is -2.45. The van der Waals surface area contributed by atoms with Crippen LogP contribution < -0.4 is 10.6 Å². The van der Waals surface area contributed by atoms with E-state index in [0.29, 0.717) is 0 Å². The molecule has 2 unspecified atom stereocenters. The smallest absolute Gasteiger partial charge is 0.132 e. The van der Waals surface area contributed by atoms with E-state index in [-0.39, 0.29) is 12.3 Å². The van der Waals surface area contributed by atoms with Crippen molar-refractivity contribution in [2.45, 2.75) is 17.7 Å². The molecule has 3 heteroatoms. The number of benzene rings is 8. The zero-order chi connectivity index (χ0) is 33.8. The van der Waals surface area contributed by atoms with Crippen LogP contribution in [0, 0.1) is 0 Å². The van der Waals surface area contributed by atoms with Crippen molar-refractivity contribution in [3.8, 4) is 11.1 Å². The maximum Gasteiger partial charge on any atom is 0.132 e. The van der Waals surface area contributed by atoms with E-state index in [1.807, 2.05) is 0 Å². The Morgan fingerprint density at radius 2 is 0.961 bits per heavy atom. The second-order valence-corrected chi connectivity index (χ2v) is 13.6. The quantitative estimate of drug-likeness (QED) is 0.194. The summed E-state index contributed by atoms with van der Waals surface area (Å²) in [4.78, 5) is 5.51. The lowest BCUT2D eigenvalue weighted by molar-refractivity contribution is 0.409. The number of nitrogens with one attached hydrogen (secondary N) is 2. The Morgan fingerprint density at radius 3 is 1.65 bits per heavy atom. The third kappa shape index (κ3) is 4.74. The number of rotatable bonds is 5. The molecule has 0 radical (unpaired) electrons. The fraction of sp³-hybridized carbons (Fsp3) is 0.0625. The molecule has 2 aliphatic rings. The summed E-state index contributed by atoms with van der Waals surface area (Å²) in [7, 11) is 0. The number of aliphatic imine (C=N–C) groups is 1. The molecule has 3 nitrogen and oxygen atoms in total. The van der Waals surface area contributed by atoms with Gasteiger partial charge in [0, 0.05) is 5.56 Å². The van der Waals surface area contributed by atoms with Gasteiger partial charge in [0.2, 0.25) is 0 Å². The van der Waals surface area contributed by atoms with E-state index in [2.05, 4.69) is 199 Å². The highest BCUT2D eigenvalue weighted by Gasteiger charge is 2.47. The summed E-state index contributed by atoms with van der Waals surface area (Å²) >= 11 is 0. The van der Waals surface area contributed by atoms with Crippen LogP contribution in [0.2, 0.25) is 0 Å². The minimum Gasteiger partial charge on any atom is -0.350 e. The lowest BCUT2D eigenvalue weighted by Gasteiger charge is -2.34. The van der Waals surface area contributed by atoms with Gasteiger partial charge in [0.1, 0.15) is 18.2 Å². The topological polar surface area (TPSA) is 36.4 Å². The van der Waals surface area contributed by atoms with Gasteiger partial charge in [-0.3, -0.25) is 5.32 Å². The molecule has 2 N–H and O–H groups in total. The highest BCUT2D eigenvalue weighted by Crippen LogP contribution is 2.57. The van der Waals surface area contributed by atoms with Gasteiger partial charge in [-0.2, -0.15) is 0 Å². The van der Waals surface area contributed by atoms with Gasteiger partial charge < -0.3 is 5.32 Å². The SMILES string of the molecule is c1ccc(C2(c3ccccc3)c3ccccc3-c3c(C4=NC(c5ccc6ccccc6c5)NC(c5ccc6ccccc6c5)N4)cccc32)cc1.